The van der Waals surface area contributed by atoms with Crippen molar-refractivity contribution in [2.75, 3.05) is 18.5 Å². The van der Waals surface area contributed by atoms with E-state index in [1.54, 1.807) is 13.1 Å². The summed E-state index contributed by atoms with van der Waals surface area (Å²) in [6.07, 6.45) is -4.76. The minimum Gasteiger partial charge on any atom is -0.394 e. The topological polar surface area (TPSA) is 99.6 Å². The Morgan fingerprint density at radius 2 is 2.09 bits per heavy atom. The number of fused-ring (bicyclic) bond motifs is 1. The first-order valence-corrected chi connectivity index (χ1v) is 10.8. The zero-order valence-corrected chi connectivity index (χ0v) is 19.0. The van der Waals surface area contributed by atoms with Gasteiger partial charge in [-0.1, -0.05) is 29.3 Å². The Hall–Kier alpha value is -2.34. The predicted octanol–water partition coefficient (Wildman–Crippen LogP) is 4.27. The number of hydrogen-bond donors (Lipinski definition) is 3. The van der Waals surface area contributed by atoms with Gasteiger partial charge in [-0.25, -0.2) is 14.8 Å². The van der Waals surface area contributed by atoms with E-state index in [0.29, 0.717) is 24.6 Å². The van der Waals surface area contributed by atoms with Gasteiger partial charge in [-0.2, -0.15) is 13.2 Å². The molecule has 13 heteroatoms. The maximum Gasteiger partial charge on any atom is 0.426 e. The van der Waals surface area contributed by atoms with Gasteiger partial charge < -0.3 is 20.6 Å². The SMILES string of the molecule is C[C@@H](CO)Nc1ncc2c(n1)CN(OC(=O)N[C@@H](CC(F)(F)F)c1ccc(Cl)c(Cl)c1)CC2. The molecule has 2 heterocycles. The lowest BCUT2D eigenvalue weighted by atomic mass is 10.0. The van der Waals surface area contributed by atoms with Crippen LogP contribution in [0.15, 0.2) is 24.4 Å². The quantitative estimate of drug-likeness (QED) is 0.514. The van der Waals surface area contributed by atoms with Crippen LogP contribution in [0.2, 0.25) is 10.0 Å². The van der Waals surface area contributed by atoms with E-state index < -0.39 is 24.7 Å². The van der Waals surface area contributed by atoms with Gasteiger partial charge in [0.2, 0.25) is 5.95 Å². The minimum atomic E-state index is -4.54. The van der Waals surface area contributed by atoms with E-state index in [1.165, 1.54) is 23.3 Å². The second-order valence-corrected chi connectivity index (χ2v) is 8.39. The minimum absolute atomic E-state index is 0.0729. The summed E-state index contributed by atoms with van der Waals surface area (Å²) in [4.78, 5) is 26.2. The molecule has 1 aliphatic rings. The van der Waals surface area contributed by atoms with Gasteiger partial charge in [-0.3, -0.25) is 0 Å². The molecular weight excluding hydrogens is 486 g/mol. The number of rotatable bonds is 7. The molecule has 33 heavy (non-hydrogen) atoms. The largest absolute Gasteiger partial charge is 0.426 e. The van der Waals surface area contributed by atoms with Crippen LogP contribution in [-0.4, -0.2) is 51.6 Å². The standard InChI is InChI=1S/C20H22Cl2F3N5O3/c1-11(10-31)27-18-26-8-13-4-5-30(9-17(13)28-18)33-19(32)29-16(7-20(23,24)25)12-2-3-14(21)15(22)6-12/h2-3,6,8,11,16,31H,4-5,7,9-10H2,1H3,(H,29,32)(H,26,27,28)/t11-,16-/m0/s1. The Morgan fingerprint density at radius 1 is 1.33 bits per heavy atom. The normalized spacial score (nSPS) is 16.0. The monoisotopic (exact) mass is 507 g/mol. The van der Waals surface area contributed by atoms with E-state index in [9.17, 15) is 18.0 Å². The van der Waals surface area contributed by atoms with Crippen LogP contribution in [0.25, 0.3) is 0 Å². The molecule has 0 saturated heterocycles. The first-order chi connectivity index (χ1) is 15.5. The van der Waals surface area contributed by atoms with Gasteiger partial charge in [0, 0.05) is 18.8 Å². The van der Waals surface area contributed by atoms with E-state index >= 15 is 0 Å². The molecule has 0 bridgehead atoms. The first-order valence-electron chi connectivity index (χ1n) is 10.0. The molecule has 0 aliphatic carbocycles. The van der Waals surface area contributed by atoms with Crippen molar-refractivity contribution in [2.45, 2.75) is 44.6 Å². The molecule has 8 nitrogen and oxygen atoms in total. The number of carbonyl (C=O) groups excluding carboxylic acids is 1. The first kappa shape index (κ1) is 25.3. The van der Waals surface area contributed by atoms with Crippen molar-refractivity contribution in [1.29, 1.82) is 0 Å². The maximum atomic E-state index is 13.1. The van der Waals surface area contributed by atoms with Gasteiger partial charge in [0.1, 0.15) is 0 Å². The van der Waals surface area contributed by atoms with Gasteiger partial charge in [0.15, 0.2) is 0 Å². The summed E-state index contributed by atoms with van der Waals surface area (Å²) < 4.78 is 39.3. The molecule has 1 aliphatic heterocycles. The summed E-state index contributed by atoms with van der Waals surface area (Å²) in [6.45, 7) is 2.10. The average molecular weight is 508 g/mol. The molecular formula is C20H22Cl2F3N5O3. The molecule has 1 aromatic carbocycles. The number of hydrogen-bond acceptors (Lipinski definition) is 7. The number of halogens is 5. The van der Waals surface area contributed by atoms with Gasteiger partial charge in [-0.15, -0.1) is 5.06 Å². The van der Waals surface area contributed by atoms with Crippen molar-refractivity contribution in [3.8, 4) is 0 Å². The fraction of sp³-hybridized carbons (Fsp3) is 0.450. The number of nitrogens with one attached hydrogen (secondary N) is 2. The summed E-state index contributed by atoms with van der Waals surface area (Å²) in [5.74, 6) is 0.312. The number of benzene rings is 1. The van der Waals surface area contributed by atoms with Crippen molar-refractivity contribution in [3.63, 3.8) is 0 Å². The van der Waals surface area contributed by atoms with E-state index in [1.807, 2.05) is 0 Å². The number of nitrogens with zero attached hydrogens (tertiary/aromatic N) is 3. The van der Waals surface area contributed by atoms with Gasteiger partial charge >= 0.3 is 12.3 Å². The third-order valence-corrected chi connectivity index (χ3v) is 5.58. The third kappa shape index (κ3) is 7.32. The fourth-order valence-electron chi connectivity index (χ4n) is 3.19. The molecule has 1 aromatic heterocycles. The van der Waals surface area contributed by atoms with E-state index in [2.05, 4.69) is 20.6 Å². The third-order valence-electron chi connectivity index (χ3n) is 4.85. The molecule has 0 saturated carbocycles. The molecule has 2 atom stereocenters. The van der Waals surface area contributed by atoms with Crippen LogP contribution in [0.5, 0.6) is 0 Å². The highest BCUT2D eigenvalue weighted by Crippen LogP contribution is 2.32. The number of aliphatic hydroxyl groups excluding tert-OH is 1. The Kier molecular flexibility index (Phi) is 8.22. The lowest BCUT2D eigenvalue weighted by molar-refractivity contribution is -0.142. The van der Waals surface area contributed by atoms with Crippen LogP contribution in [0.3, 0.4) is 0 Å². The molecule has 0 fully saturated rings. The molecule has 180 valence electrons. The number of hydroxylamine groups is 2. The Morgan fingerprint density at radius 3 is 2.76 bits per heavy atom. The van der Waals surface area contributed by atoms with Crippen LogP contribution in [0, 0.1) is 0 Å². The van der Waals surface area contributed by atoms with Crippen molar-refractivity contribution in [3.05, 3.63) is 51.3 Å². The van der Waals surface area contributed by atoms with Crippen molar-refractivity contribution < 1.29 is 27.9 Å². The average Bonchev–Trinajstić information content (AvgIpc) is 2.74. The van der Waals surface area contributed by atoms with Crippen LogP contribution in [0.1, 0.15) is 36.2 Å². The lowest BCUT2D eigenvalue weighted by Crippen LogP contribution is -2.39. The van der Waals surface area contributed by atoms with Crippen molar-refractivity contribution in [2.24, 2.45) is 0 Å². The van der Waals surface area contributed by atoms with Gasteiger partial charge in [0.25, 0.3) is 0 Å². The number of aromatic nitrogens is 2. The zero-order chi connectivity index (χ0) is 24.2. The highest BCUT2D eigenvalue weighted by molar-refractivity contribution is 6.42. The summed E-state index contributed by atoms with van der Waals surface area (Å²) in [6, 6.07) is 2.33. The summed E-state index contributed by atoms with van der Waals surface area (Å²) in [7, 11) is 0. The van der Waals surface area contributed by atoms with Crippen LogP contribution < -0.4 is 10.6 Å². The van der Waals surface area contributed by atoms with Crippen LogP contribution in [-0.2, 0) is 17.8 Å². The highest BCUT2D eigenvalue weighted by Gasteiger charge is 2.34. The Bertz CT molecular complexity index is 996. The molecule has 1 amide bonds. The smallest absolute Gasteiger partial charge is 0.394 e. The molecule has 3 rings (SSSR count). The summed E-state index contributed by atoms with van der Waals surface area (Å²) >= 11 is 11.8. The number of anilines is 1. The highest BCUT2D eigenvalue weighted by atomic mass is 35.5. The molecule has 0 unspecified atom stereocenters. The summed E-state index contributed by atoms with van der Waals surface area (Å²) in [5.41, 5.74) is 1.61. The summed E-state index contributed by atoms with van der Waals surface area (Å²) in [5, 5.41) is 15.9. The number of aliphatic hydroxyl groups is 1. The van der Waals surface area contributed by atoms with E-state index in [4.69, 9.17) is 33.1 Å². The van der Waals surface area contributed by atoms with Gasteiger partial charge in [0.05, 0.1) is 41.4 Å². The zero-order valence-electron chi connectivity index (χ0n) is 17.5. The second kappa shape index (κ2) is 10.7. The predicted molar refractivity (Wildman–Crippen MR) is 116 cm³/mol. The van der Waals surface area contributed by atoms with Crippen molar-refractivity contribution >= 4 is 35.2 Å². The maximum absolute atomic E-state index is 13.1. The molecule has 0 spiro atoms. The lowest BCUT2D eigenvalue weighted by Gasteiger charge is -2.28. The second-order valence-electron chi connectivity index (χ2n) is 7.58. The molecule has 2 aromatic rings. The molecule has 3 N–H and O–H groups in total. The van der Waals surface area contributed by atoms with E-state index in [0.717, 1.165) is 5.56 Å². The van der Waals surface area contributed by atoms with Crippen LogP contribution in [0.4, 0.5) is 23.9 Å². The number of alkyl halides is 3. The van der Waals surface area contributed by atoms with Crippen LogP contribution >= 0.6 is 23.2 Å². The fourth-order valence-corrected chi connectivity index (χ4v) is 3.50. The Balaban J connectivity index is 1.67. The number of amides is 1. The number of carbonyl (C=O) groups is 1. The Labute approximate surface area is 198 Å². The van der Waals surface area contributed by atoms with Gasteiger partial charge in [-0.05, 0) is 36.6 Å². The van der Waals surface area contributed by atoms with E-state index in [-0.39, 0.29) is 34.8 Å². The molecule has 0 radical (unpaired) electrons. The van der Waals surface area contributed by atoms with Crippen molar-refractivity contribution in [1.82, 2.24) is 20.3 Å².